The van der Waals surface area contributed by atoms with Crippen molar-refractivity contribution in [2.24, 2.45) is 5.73 Å². The first kappa shape index (κ1) is 23.9. The lowest BCUT2D eigenvalue weighted by molar-refractivity contribution is 0.0421. The first-order chi connectivity index (χ1) is 15.5. The lowest BCUT2D eigenvalue weighted by atomic mass is 9.87. The van der Waals surface area contributed by atoms with Crippen LogP contribution in [-0.4, -0.2) is 41.0 Å². The molecule has 0 saturated heterocycles. The van der Waals surface area contributed by atoms with Crippen LogP contribution < -0.4 is 10.5 Å². The Balaban J connectivity index is 0.00000259. The number of fused-ring (bicyclic) bond motifs is 2. The zero-order valence-corrected chi connectivity index (χ0v) is 19.9. The van der Waals surface area contributed by atoms with Crippen LogP contribution in [0.1, 0.15) is 47.2 Å². The topological polar surface area (TPSA) is 71.4 Å². The number of H-pyrrole nitrogens is 1. The van der Waals surface area contributed by atoms with E-state index in [2.05, 4.69) is 16.1 Å². The maximum Gasteiger partial charge on any atom is 0.249 e. The van der Waals surface area contributed by atoms with E-state index in [1.165, 1.54) is 29.5 Å². The molecule has 0 spiro atoms. The van der Waals surface area contributed by atoms with Crippen LogP contribution in [0.3, 0.4) is 0 Å². The Morgan fingerprint density at radius 2 is 2.06 bits per heavy atom. The summed E-state index contributed by atoms with van der Waals surface area (Å²) >= 11 is 6.19. The number of hydrogen-bond donors (Lipinski definition) is 2. The minimum absolute atomic E-state index is 0. The number of nitrogens with one attached hydrogen (secondary N) is 1. The molecule has 2 heterocycles. The van der Waals surface area contributed by atoms with E-state index in [-0.39, 0.29) is 24.2 Å². The third kappa shape index (κ3) is 4.70. The van der Waals surface area contributed by atoms with Gasteiger partial charge in [-0.15, -0.1) is 12.4 Å². The maximum absolute atomic E-state index is 14.3. The lowest BCUT2D eigenvalue weighted by Crippen LogP contribution is -2.51. The first-order valence-electron chi connectivity index (χ1n) is 11.3. The number of benzene rings is 2. The molecule has 1 aliphatic heterocycles. The monoisotopic (exact) mass is 491 g/mol. The Hall–Kier alpha value is -2.28. The predicted octanol–water partition coefficient (Wildman–Crippen LogP) is 5.27. The van der Waals surface area contributed by atoms with E-state index in [1.54, 1.807) is 0 Å². The van der Waals surface area contributed by atoms with Gasteiger partial charge >= 0.3 is 0 Å². The fraction of sp³-hybridized carbons (Fsp3) is 0.400. The average Bonchev–Trinajstić information content (AvgIpc) is 3.13. The van der Waals surface area contributed by atoms with Crippen LogP contribution in [0.4, 0.5) is 4.39 Å². The van der Waals surface area contributed by atoms with Gasteiger partial charge in [-0.05, 0) is 74.5 Å². The highest BCUT2D eigenvalue weighted by Gasteiger charge is 2.35. The Labute approximate surface area is 203 Å². The number of primary amides is 1. The van der Waals surface area contributed by atoms with Crippen LogP contribution in [0.15, 0.2) is 36.5 Å². The zero-order valence-electron chi connectivity index (χ0n) is 18.3. The summed E-state index contributed by atoms with van der Waals surface area (Å²) in [6.07, 6.45) is 8.13. The van der Waals surface area contributed by atoms with Crippen molar-refractivity contribution in [3.63, 3.8) is 0 Å². The number of aromatic nitrogens is 1. The molecule has 1 atom stereocenters. The number of nitrogens with two attached hydrogens (primary N) is 1. The molecule has 176 valence electrons. The quantitative estimate of drug-likeness (QED) is 0.472. The standard InChI is InChI=1S/C25H27ClFN3O2.ClH/c26-16-6-9-23-20(11-16)15(13-29-23)3-2-10-30(17-4-1-5-17)18-12-21-19(25(28)31)7-8-22(27)24(21)32-14-18;/h6-9,11,13,17-18,29H,1-5,10,12,14H2,(H2,28,31);1H. The molecule has 8 heteroatoms. The highest BCUT2D eigenvalue weighted by molar-refractivity contribution is 6.31. The number of amides is 1. The number of aromatic amines is 1. The van der Waals surface area contributed by atoms with Crippen molar-refractivity contribution >= 4 is 40.8 Å². The average molecular weight is 492 g/mol. The minimum atomic E-state index is -0.543. The van der Waals surface area contributed by atoms with Crippen molar-refractivity contribution in [1.82, 2.24) is 9.88 Å². The predicted molar refractivity (Wildman–Crippen MR) is 131 cm³/mol. The highest BCUT2D eigenvalue weighted by Crippen LogP contribution is 2.35. The van der Waals surface area contributed by atoms with Gasteiger partial charge in [0, 0.05) is 45.3 Å². The molecule has 0 radical (unpaired) electrons. The molecule has 1 aromatic heterocycles. The van der Waals surface area contributed by atoms with Crippen LogP contribution in [0.25, 0.3) is 10.9 Å². The number of hydrogen-bond acceptors (Lipinski definition) is 3. The molecule has 1 unspecified atom stereocenters. The van der Waals surface area contributed by atoms with Crippen molar-refractivity contribution in [2.45, 2.75) is 50.6 Å². The molecule has 2 aliphatic rings. The van der Waals surface area contributed by atoms with Crippen molar-refractivity contribution < 1.29 is 13.9 Å². The first-order valence-corrected chi connectivity index (χ1v) is 11.6. The summed E-state index contributed by atoms with van der Waals surface area (Å²) in [6, 6.07) is 9.26. The Bertz CT molecular complexity index is 1160. The van der Waals surface area contributed by atoms with Gasteiger partial charge < -0.3 is 15.5 Å². The van der Waals surface area contributed by atoms with Gasteiger partial charge in [0.2, 0.25) is 5.91 Å². The number of carbonyl (C=O) groups excluding carboxylic acids is 1. The van der Waals surface area contributed by atoms with Crippen molar-refractivity contribution in [2.75, 3.05) is 13.2 Å². The summed E-state index contributed by atoms with van der Waals surface area (Å²) in [5.74, 6) is -0.794. The summed E-state index contributed by atoms with van der Waals surface area (Å²) in [4.78, 5) is 17.7. The van der Waals surface area contributed by atoms with Gasteiger partial charge in [0.05, 0.1) is 0 Å². The largest absolute Gasteiger partial charge is 0.489 e. The molecule has 1 amide bonds. The normalized spacial score (nSPS) is 17.8. The molecule has 0 bridgehead atoms. The number of nitrogens with zero attached hydrogens (tertiary/aromatic N) is 1. The van der Waals surface area contributed by atoms with Gasteiger partial charge in [-0.2, -0.15) is 0 Å². The summed E-state index contributed by atoms with van der Waals surface area (Å²) in [5.41, 5.74) is 8.87. The van der Waals surface area contributed by atoms with E-state index < -0.39 is 11.7 Å². The van der Waals surface area contributed by atoms with E-state index in [0.717, 1.165) is 42.8 Å². The smallest absolute Gasteiger partial charge is 0.249 e. The van der Waals surface area contributed by atoms with Crippen molar-refractivity contribution in [3.8, 4) is 5.75 Å². The van der Waals surface area contributed by atoms with E-state index in [1.807, 2.05) is 18.2 Å². The van der Waals surface area contributed by atoms with Crippen LogP contribution in [0.2, 0.25) is 5.02 Å². The molecular formula is C25H28Cl2FN3O2. The number of rotatable bonds is 7. The van der Waals surface area contributed by atoms with Gasteiger partial charge in [0.15, 0.2) is 11.6 Å². The molecule has 3 aromatic rings. The lowest BCUT2D eigenvalue weighted by Gasteiger charge is -2.44. The third-order valence-corrected chi connectivity index (χ3v) is 7.18. The fourth-order valence-electron chi connectivity index (χ4n) is 5.07. The number of ether oxygens (including phenoxy) is 1. The second-order valence-corrected chi connectivity index (χ2v) is 9.30. The zero-order chi connectivity index (χ0) is 22.2. The van der Waals surface area contributed by atoms with Gasteiger partial charge in [-0.25, -0.2) is 4.39 Å². The Kier molecular flexibility index (Phi) is 7.17. The second kappa shape index (κ2) is 9.92. The summed E-state index contributed by atoms with van der Waals surface area (Å²) in [7, 11) is 0. The fourth-order valence-corrected chi connectivity index (χ4v) is 5.24. The van der Waals surface area contributed by atoms with Crippen LogP contribution in [-0.2, 0) is 12.8 Å². The summed E-state index contributed by atoms with van der Waals surface area (Å²) in [5, 5.41) is 1.91. The van der Waals surface area contributed by atoms with Crippen LogP contribution in [0.5, 0.6) is 5.75 Å². The molecule has 2 aromatic carbocycles. The van der Waals surface area contributed by atoms with Gasteiger partial charge in [0.1, 0.15) is 6.61 Å². The number of aryl methyl sites for hydroxylation is 1. The molecule has 1 fully saturated rings. The molecule has 33 heavy (non-hydrogen) atoms. The molecule has 5 rings (SSSR count). The van der Waals surface area contributed by atoms with Gasteiger partial charge in [-0.1, -0.05) is 18.0 Å². The molecular weight excluding hydrogens is 464 g/mol. The highest BCUT2D eigenvalue weighted by atomic mass is 35.5. The van der Waals surface area contributed by atoms with Crippen molar-refractivity contribution in [3.05, 3.63) is 64.1 Å². The number of carbonyl (C=O) groups is 1. The van der Waals surface area contributed by atoms with Gasteiger partial charge in [0.25, 0.3) is 0 Å². The molecule has 1 saturated carbocycles. The van der Waals surface area contributed by atoms with Crippen molar-refractivity contribution in [1.29, 1.82) is 0 Å². The Morgan fingerprint density at radius 1 is 1.24 bits per heavy atom. The SMILES string of the molecule is Cl.NC(=O)c1ccc(F)c2c1CC(N(CCCc1c[nH]c3ccc(Cl)cc13)C1CCC1)CO2. The Morgan fingerprint density at radius 3 is 2.79 bits per heavy atom. The molecule has 3 N–H and O–H groups in total. The van der Waals surface area contributed by atoms with Crippen LogP contribution >= 0.6 is 24.0 Å². The van der Waals surface area contributed by atoms with E-state index >= 15 is 0 Å². The maximum atomic E-state index is 14.3. The van der Waals surface area contributed by atoms with E-state index in [0.29, 0.717) is 30.2 Å². The van der Waals surface area contributed by atoms with E-state index in [9.17, 15) is 9.18 Å². The second-order valence-electron chi connectivity index (χ2n) is 8.87. The van der Waals surface area contributed by atoms with Crippen LogP contribution in [0, 0.1) is 5.82 Å². The van der Waals surface area contributed by atoms with E-state index in [4.69, 9.17) is 22.1 Å². The summed E-state index contributed by atoms with van der Waals surface area (Å²) < 4.78 is 20.1. The molecule has 1 aliphatic carbocycles. The minimum Gasteiger partial charge on any atom is -0.489 e. The van der Waals surface area contributed by atoms with Gasteiger partial charge in [-0.3, -0.25) is 9.69 Å². The number of halogens is 3. The third-order valence-electron chi connectivity index (χ3n) is 6.94. The molecule has 5 nitrogen and oxygen atoms in total. The summed E-state index contributed by atoms with van der Waals surface area (Å²) in [6.45, 7) is 1.34.